The lowest BCUT2D eigenvalue weighted by Crippen LogP contribution is -2.36. The van der Waals surface area contributed by atoms with Crippen LogP contribution in [0.2, 0.25) is 0 Å². The lowest BCUT2D eigenvalue weighted by Gasteiger charge is -2.29. The Bertz CT molecular complexity index is 954. The molecule has 2 aromatic rings. The van der Waals surface area contributed by atoms with Crippen molar-refractivity contribution in [2.75, 3.05) is 20.8 Å². The second-order valence-corrected chi connectivity index (χ2v) is 7.82. The van der Waals surface area contributed by atoms with Gasteiger partial charge in [-0.05, 0) is 47.4 Å². The molecule has 26 heavy (non-hydrogen) atoms. The van der Waals surface area contributed by atoms with Gasteiger partial charge in [0.25, 0.3) is 0 Å². The maximum absolute atomic E-state index is 12.9. The normalized spacial score (nSPS) is 14.5. The van der Waals surface area contributed by atoms with Gasteiger partial charge in [0.05, 0.1) is 25.1 Å². The first kappa shape index (κ1) is 18.2. The number of nitrogens with zero attached hydrogens (tertiary/aromatic N) is 1. The summed E-state index contributed by atoms with van der Waals surface area (Å²) in [6, 6.07) is 8.82. The van der Waals surface area contributed by atoms with Crippen LogP contribution in [0.4, 0.5) is 0 Å². The first-order chi connectivity index (χ1) is 12.4. The van der Waals surface area contributed by atoms with Crippen LogP contribution >= 0.6 is 0 Å². The molecule has 0 saturated carbocycles. The molecule has 0 saturated heterocycles. The molecule has 0 aromatic heterocycles. The third kappa shape index (κ3) is 3.25. The fourth-order valence-electron chi connectivity index (χ4n) is 3.00. The van der Waals surface area contributed by atoms with Crippen molar-refractivity contribution in [1.29, 1.82) is 0 Å². The van der Waals surface area contributed by atoms with E-state index >= 15 is 0 Å². The zero-order chi connectivity index (χ0) is 18.9. The summed E-state index contributed by atoms with van der Waals surface area (Å²) in [4.78, 5) is 10.9. The van der Waals surface area contributed by atoms with Gasteiger partial charge in [-0.25, -0.2) is 8.42 Å². The van der Waals surface area contributed by atoms with Crippen LogP contribution < -0.4 is 14.6 Å². The molecule has 0 spiro atoms. The second-order valence-electron chi connectivity index (χ2n) is 5.88. The molecule has 0 bridgehead atoms. The van der Waals surface area contributed by atoms with Gasteiger partial charge in [0.2, 0.25) is 10.0 Å². The third-order valence-corrected chi connectivity index (χ3v) is 6.23. The average molecular weight is 376 g/mol. The standard InChI is InChI=1S/C18H19NO6S/c1-24-16-9-12-6-7-19(11-14(12)10-17(16)25-2)26(22,23)15-5-3-4-13(8-15)18(20)21/h3-5,8-10H,6-7,11H2,1-2H3,(H,20,21)/p-1. The summed E-state index contributed by atoms with van der Waals surface area (Å²) in [6.45, 7) is 0.466. The van der Waals surface area contributed by atoms with E-state index in [1.807, 2.05) is 6.07 Å². The number of hydrogen-bond acceptors (Lipinski definition) is 6. The number of ether oxygens (including phenoxy) is 2. The number of carboxylic acid groups (broad SMARTS) is 1. The van der Waals surface area contributed by atoms with Gasteiger partial charge in [-0.2, -0.15) is 4.31 Å². The monoisotopic (exact) mass is 376 g/mol. The Morgan fingerprint density at radius 3 is 2.35 bits per heavy atom. The van der Waals surface area contributed by atoms with E-state index in [0.717, 1.165) is 17.2 Å². The topological polar surface area (TPSA) is 96.0 Å². The first-order valence-electron chi connectivity index (χ1n) is 7.92. The zero-order valence-corrected chi connectivity index (χ0v) is 15.2. The third-order valence-electron chi connectivity index (χ3n) is 4.39. The highest BCUT2D eigenvalue weighted by Gasteiger charge is 2.29. The number of aromatic carboxylic acids is 1. The van der Waals surface area contributed by atoms with Crippen LogP contribution in [0.25, 0.3) is 0 Å². The summed E-state index contributed by atoms with van der Waals surface area (Å²) in [5.41, 5.74) is 1.65. The van der Waals surface area contributed by atoms with Crippen LogP contribution in [0.1, 0.15) is 21.5 Å². The van der Waals surface area contributed by atoms with E-state index in [2.05, 4.69) is 0 Å². The van der Waals surface area contributed by atoms with Crippen LogP contribution in [-0.4, -0.2) is 39.5 Å². The van der Waals surface area contributed by atoms with Crippen LogP contribution in [-0.2, 0) is 23.0 Å². The molecule has 2 aromatic carbocycles. The minimum atomic E-state index is -3.83. The number of rotatable bonds is 5. The number of hydrogen-bond donors (Lipinski definition) is 0. The first-order valence-corrected chi connectivity index (χ1v) is 9.36. The largest absolute Gasteiger partial charge is 0.545 e. The summed E-state index contributed by atoms with van der Waals surface area (Å²) >= 11 is 0. The van der Waals surface area contributed by atoms with Gasteiger partial charge in [-0.15, -0.1) is 0 Å². The molecule has 0 aliphatic carbocycles. The van der Waals surface area contributed by atoms with Gasteiger partial charge >= 0.3 is 0 Å². The van der Waals surface area contributed by atoms with Crippen molar-refractivity contribution < 1.29 is 27.8 Å². The van der Waals surface area contributed by atoms with E-state index in [1.54, 1.807) is 13.2 Å². The Kier molecular flexibility index (Phi) is 4.88. The van der Waals surface area contributed by atoms with Gasteiger partial charge in [-0.1, -0.05) is 12.1 Å². The van der Waals surface area contributed by atoms with Crippen molar-refractivity contribution in [2.45, 2.75) is 17.9 Å². The maximum Gasteiger partial charge on any atom is 0.243 e. The van der Waals surface area contributed by atoms with Gasteiger partial charge in [0.15, 0.2) is 11.5 Å². The van der Waals surface area contributed by atoms with Gasteiger partial charge < -0.3 is 19.4 Å². The number of carbonyl (C=O) groups excluding carboxylic acids is 1. The highest BCUT2D eigenvalue weighted by molar-refractivity contribution is 7.89. The second kappa shape index (κ2) is 6.97. The number of carboxylic acids is 1. The molecule has 0 amide bonds. The van der Waals surface area contributed by atoms with Crippen LogP contribution in [0.5, 0.6) is 11.5 Å². The number of carbonyl (C=O) groups is 1. The Balaban J connectivity index is 1.94. The van der Waals surface area contributed by atoms with Gasteiger partial charge in [0, 0.05) is 13.1 Å². The molecule has 0 atom stereocenters. The SMILES string of the molecule is COc1cc2c(cc1OC)CN(S(=O)(=O)c1cccc(C(=O)[O-])c1)CC2. The smallest absolute Gasteiger partial charge is 0.243 e. The molecular weight excluding hydrogens is 358 g/mol. The molecule has 0 fully saturated rings. The molecule has 3 rings (SSSR count). The summed E-state index contributed by atoms with van der Waals surface area (Å²) < 4.78 is 37.7. The quantitative estimate of drug-likeness (QED) is 0.766. The Morgan fingerprint density at radius 1 is 1.08 bits per heavy atom. The number of methoxy groups -OCH3 is 2. The molecule has 7 nitrogen and oxygen atoms in total. The zero-order valence-electron chi connectivity index (χ0n) is 14.4. The molecule has 0 N–H and O–H groups in total. The Morgan fingerprint density at radius 2 is 1.73 bits per heavy atom. The highest BCUT2D eigenvalue weighted by Crippen LogP contribution is 2.34. The summed E-state index contributed by atoms with van der Waals surface area (Å²) in [7, 11) is -0.755. The predicted octanol–water partition coefficient (Wildman–Crippen LogP) is 0.814. The molecule has 8 heteroatoms. The highest BCUT2D eigenvalue weighted by atomic mass is 32.2. The van der Waals surface area contributed by atoms with E-state index < -0.39 is 16.0 Å². The fraction of sp³-hybridized carbons (Fsp3) is 0.278. The van der Waals surface area contributed by atoms with Crippen LogP contribution in [0, 0.1) is 0 Å². The molecule has 0 unspecified atom stereocenters. The van der Waals surface area contributed by atoms with Gasteiger partial charge in [0.1, 0.15) is 0 Å². The summed E-state index contributed by atoms with van der Waals surface area (Å²) in [5, 5.41) is 11.0. The molecule has 138 valence electrons. The van der Waals surface area contributed by atoms with E-state index in [4.69, 9.17) is 9.47 Å². The molecule has 1 heterocycles. The number of benzene rings is 2. The molecular formula is C18H18NO6S-. The lowest BCUT2D eigenvalue weighted by molar-refractivity contribution is -0.255. The van der Waals surface area contributed by atoms with E-state index in [-0.39, 0.29) is 17.0 Å². The number of fused-ring (bicyclic) bond motifs is 1. The predicted molar refractivity (Wildman–Crippen MR) is 91.6 cm³/mol. The van der Waals surface area contributed by atoms with Crippen molar-refractivity contribution in [3.05, 3.63) is 53.1 Å². The minimum absolute atomic E-state index is 0.0665. The minimum Gasteiger partial charge on any atom is -0.545 e. The average Bonchev–Trinajstić information content (AvgIpc) is 2.66. The van der Waals surface area contributed by atoms with E-state index in [9.17, 15) is 18.3 Å². The lowest BCUT2D eigenvalue weighted by atomic mass is 10.0. The molecule has 0 radical (unpaired) electrons. The fourth-order valence-corrected chi connectivity index (χ4v) is 4.46. The Labute approximate surface area is 151 Å². The van der Waals surface area contributed by atoms with Crippen molar-refractivity contribution in [3.8, 4) is 11.5 Å². The molecule has 1 aliphatic heterocycles. The Hall–Kier alpha value is -2.58. The molecule has 1 aliphatic rings. The maximum atomic E-state index is 12.9. The van der Waals surface area contributed by atoms with Crippen molar-refractivity contribution in [3.63, 3.8) is 0 Å². The summed E-state index contributed by atoms with van der Waals surface area (Å²) in [6.07, 6.45) is 0.523. The van der Waals surface area contributed by atoms with Crippen molar-refractivity contribution in [1.82, 2.24) is 4.31 Å². The van der Waals surface area contributed by atoms with Gasteiger partial charge in [-0.3, -0.25) is 0 Å². The summed E-state index contributed by atoms with van der Waals surface area (Å²) in [5.74, 6) is -0.281. The van der Waals surface area contributed by atoms with Crippen LogP contribution in [0.15, 0.2) is 41.3 Å². The van der Waals surface area contributed by atoms with E-state index in [0.29, 0.717) is 24.5 Å². The van der Waals surface area contributed by atoms with Crippen LogP contribution in [0.3, 0.4) is 0 Å². The van der Waals surface area contributed by atoms with E-state index in [1.165, 1.54) is 29.6 Å². The van der Waals surface area contributed by atoms with Crippen molar-refractivity contribution >= 4 is 16.0 Å². The van der Waals surface area contributed by atoms with Crippen molar-refractivity contribution in [2.24, 2.45) is 0 Å². The number of sulfonamides is 1.